The van der Waals surface area contributed by atoms with Gasteiger partial charge in [-0.05, 0) is 31.7 Å². The zero-order valence-electron chi connectivity index (χ0n) is 17.9. The first-order valence-electron chi connectivity index (χ1n) is 10.3. The third-order valence-corrected chi connectivity index (χ3v) is 6.20. The third kappa shape index (κ3) is 11.6. The molecule has 0 aliphatic heterocycles. The van der Waals surface area contributed by atoms with Crippen LogP contribution in [0.2, 0.25) is 0 Å². The number of aliphatic hydroxyl groups is 1. The summed E-state index contributed by atoms with van der Waals surface area (Å²) in [5.74, 6) is 2.36. The van der Waals surface area contributed by atoms with Crippen LogP contribution in [-0.4, -0.2) is 67.8 Å². The lowest BCUT2D eigenvalue weighted by Crippen LogP contribution is -2.48. The van der Waals surface area contributed by atoms with Crippen LogP contribution in [-0.2, 0) is 14.8 Å². The van der Waals surface area contributed by atoms with Crippen molar-refractivity contribution in [1.29, 1.82) is 0 Å². The van der Waals surface area contributed by atoms with Crippen LogP contribution in [0.3, 0.4) is 0 Å². The molecule has 1 amide bonds. The highest BCUT2D eigenvalue weighted by molar-refractivity contribution is 7.89. The standard InChI is InChI=1S/C20H39N3O4S/c1-6-9-18(19(24)16-21-12-10-17(4)5)22-20(25)11-15-28(26,27)23(13-7-2)14-8-3/h1,17-19,21,24H,7-16H2,2-5H3,(H,22,25)/t18-,19+/m0/s1. The van der Waals surface area contributed by atoms with Crippen molar-refractivity contribution in [1.82, 2.24) is 14.9 Å². The van der Waals surface area contributed by atoms with Crippen LogP contribution in [0, 0.1) is 18.3 Å². The van der Waals surface area contributed by atoms with Gasteiger partial charge < -0.3 is 15.7 Å². The zero-order valence-corrected chi connectivity index (χ0v) is 18.7. The minimum atomic E-state index is -3.48. The topological polar surface area (TPSA) is 98.7 Å². The molecule has 0 aromatic rings. The van der Waals surface area contributed by atoms with Crippen LogP contribution in [0.15, 0.2) is 0 Å². The lowest BCUT2D eigenvalue weighted by molar-refractivity contribution is -0.122. The van der Waals surface area contributed by atoms with Gasteiger partial charge in [-0.25, -0.2) is 12.7 Å². The number of hydrogen-bond acceptors (Lipinski definition) is 5. The van der Waals surface area contributed by atoms with Crippen LogP contribution >= 0.6 is 0 Å². The molecule has 0 bridgehead atoms. The molecule has 3 N–H and O–H groups in total. The molecule has 0 aromatic carbocycles. The second kappa shape index (κ2) is 14.8. The molecule has 0 saturated heterocycles. The Morgan fingerprint density at radius 1 is 1.21 bits per heavy atom. The predicted octanol–water partition coefficient (Wildman–Crippen LogP) is 1.33. The number of rotatable bonds is 16. The molecule has 28 heavy (non-hydrogen) atoms. The van der Waals surface area contributed by atoms with Crippen LogP contribution in [0.5, 0.6) is 0 Å². The van der Waals surface area contributed by atoms with Gasteiger partial charge in [0.25, 0.3) is 0 Å². The van der Waals surface area contributed by atoms with E-state index in [0.29, 0.717) is 25.6 Å². The average Bonchev–Trinajstić information content (AvgIpc) is 2.62. The van der Waals surface area contributed by atoms with E-state index in [0.717, 1.165) is 25.8 Å². The second-order valence-electron chi connectivity index (χ2n) is 7.50. The summed E-state index contributed by atoms with van der Waals surface area (Å²) in [7, 11) is -3.48. The van der Waals surface area contributed by atoms with Gasteiger partial charge in [-0.1, -0.05) is 27.7 Å². The van der Waals surface area contributed by atoms with Gasteiger partial charge in [0, 0.05) is 32.5 Å². The summed E-state index contributed by atoms with van der Waals surface area (Å²) in [6.45, 7) is 10.1. The molecule has 7 nitrogen and oxygen atoms in total. The fourth-order valence-electron chi connectivity index (χ4n) is 2.71. The van der Waals surface area contributed by atoms with E-state index in [1.807, 2.05) is 13.8 Å². The van der Waals surface area contributed by atoms with Gasteiger partial charge in [0.2, 0.25) is 15.9 Å². The van der Waals surface area contributed by atoms with Gasteiger partial charge in [-0.2, -0.15) is 0 Å². The average molecular weight is 418 g/mol. The lowest BCUT2D eigenvalue weighted by Gasteiger charge is -2.24. The van der Waals surface area contributed by atoms with Crippen molar-refractivity contribution in [3.8, 4) is 12.3 Å². The fourth-order valence-corrected chi connectivity index (χ4v) is 4.33. The van der Waals surface area contributed by atoms with Crippen molar-refractivity contribution in [3.05, 3.63) is 0 Å². The molecule has 0 aliphatic rings. The van der Waals surface area contributed by atoms with Crippen molar-refractivity contribution in [2.24, 2.45) is 5.92 Å². The number of sulfonamides is 1. The lowest BCUT2D eigenvalue weighted by atomic mass is 10.1. The summed E-state index contributed by atoms with van der Waals surface area (Å²) >= 11 is 0. The molecule has 164 valence electrons. The van der Waals surface area contributed by atoms with Gasteiger partial charge in [0.1, 0.15) is 0 Å². The molecular weight excluding hydrogens is 378 g/mol. The van der Waals surface area contributed by atoms with Crippen LogP contribution in [0.4, 0.5) is 0 Å². The first-order valence-corrected chi connectivity index (χ1v) is 11.9. The molecule has 0 rings (SSSR count). The molecule has 0 heterocycles. The number of nitrogens with zero attached hydrogens (tertiary/aromatic N) is 1. The van der Waals surface area contributed by atoms with E-state index in [2.05, 4.69) is 30.4 Å². The van der Waals surface area contributed by atoms with Crippen molar-refractivity contribution < 1.29 is 18.3 Å². The van der Waals surface area contributed by atoms with E-state index in [9.17, 15) is 18.3 Å². The van der Waals surface area contributed by atoms with Crippen LogP contribution < -0.4 is 10.6 Å². The molecule has 0 aliphatic carbocycles. The van der Waals surface area contributed by atoms with E-state index in [1.54, 1.807) is 0 Å². The van der Waals surface area contributed by atoms with Gasteiger partial charge in [-0.3, -0.25) is 4.79 Å². The Labute approximate surface area is 171 Å². The molecule has 0 radical (unpaired) electrons. The van der Waals surface area contributed by atoms with E-state index in [-0.39, 0.29) is 18.6 Å². The number of terminal acetylenes is 1. The first kappa shape index (κ1) is 26.9. The van der Waals surface area contributed by atoms with Gasteiger partial charge in [-0.15, -0.1) is 12.3 Å². The number of aliphatic hydroxyl groups excluding tert-OH is 1. The molecule has 0 saturated carbocycles. The van der Waals surface area contributed by atoms with Crippen molar-refractivity contribution in [3.63, 3.8) is 0 Å². The zero-order chi connectivity index (χ0) is 21.6. The molecule has 2 atom stereocenters. The molecule has 0 fully saturated rings. The minimum Gasteiger partial charge on any atom is -0.390 e. The second-order valence-corrected chi connectivity index (χ2v) is 9.59. The molecule has 0 aromatic heterocycles. The normalized spacial score (nSPS) is 14.1. The van der Waals surface area contributed by atoms with E-state index < -0.39 is 28.1 Å². The quantitative estimate of drug-likeness (QED) is 0.260. The Balaban J connectivity index is 4.61. The summed E-state index contributed by atoms with van der Waals surface area (Å²) in [6.07, 6.45) is 7.00. The Kier molecular flexibility index (Phi) is 14.2. The summed E-state index contributed by atoms with van der Waals surface area (Å²) < 4.78 is 26.3. The largest absolute Gasteiger partial charge is 0.390 e. The number of carbonyl (C=O) groups excluding carboxylic acids is 1. The Bertz CT molecular complexity index is 566. The number of nitrogens with one attached hydrogen (secondary N) is 2. The van der Waals surface area contributed by atoms with E-state index >= 15 is 0 Å². The summed E-state index contributed by atoms with van der Waals surface area (Å²) in [5, 5.41) is 16.2. The third-order valence-electron chi connectivity index (χ3n) is 4.33. The molecule has 8 heteroatoms. The maximum absolute atomic E-state index is 12.4. The summed E-state index contributed by atoms with van der Waals surface area (Å²) in [5.41, 5.74) is 0. The number of hydrogen-bond donors (Lipinski definition) is 3. The maximum Gasteiger partial charge on any atom is 0.221 e. The van der Waals surface area contributed by atoms with E-state index in [4.69, 9.17) is 6.42 Å². The van der Waals surface area contributed by atoms with Crippen molar-refractivity contribution in [2.75, 3.05) is 31.9 Å². The minimum absolute atomic E-state index is 0.152. The Morgan fingerprint density at radius 3 is 2.32 bits per heavy atom. The SMILES string of the molecule is C#CC[C@H](NC(=O)CCS(=O)(=O)N(CCC)CCC)[C@H](O)CNCCC(C)C. The Morgan fingerprint density at radius 2 is 1.82 bits per heavy atom. The highest BCUT2D eigenvalue weighted by Crippen LogP contribution is 2.07. The monoisotopic (exact) mass is 417 g/mol. The number of carbonyl (C=O) groups is 1. The predicted molar refractivity (Wildman–Crippen MR) is 114 cm³/mol. The summed E-state index contributed by atoms with van der Waals surface area (Å²) in [4.78, 5) is 12.2. The number of amides is 1. The van der Waals surface area contributed by atoms with Gasteiger partial charge >= 0.3 is 0 Å². The molecule has 0 unspecified atom stereocenters. The molecular formula is C20H39N3O4S. The smallest absolute Gasteiger partial charge is 0.221 e. The molecule has 0 spiro atoms. The van der Waals surface area contributed by atoms with Crippen LogP contribution in [0.1, 0.15) is 59.8 Å². The van der Waals surface area contributed by atoms with Crippen LogP contribution in [0.25, 0.3) is 0 Å². The van der Waals surface area contributed by atoms with Gasteiger partial charge in [0.05, 0.1) is 17.9 Å². The van der Waals surface area contributed by atoms with Gasteiger partial charge in [0.15, 0.2) is 0 Å². The maximum atomic E-state index is 12.4. The van der Waals surface area contributed by atoms with Crippen molar-refractivity contribution >= 4 is 15.9 Å². The Hall–Kier alpha value is -1.14. The van der Waals surface area contributed by atoms with E-state index in [1.165, 1.54) is 4.31 Å². The highest BCUT2D eigenvalue weighted by atomic mass is 32.2. The first-order chi connectivity index (χ1) is 13.2. The highest BCUT2D eigenvalue weighted by Gasteiger charge is 2.24. The fraction of sp³-hybridized carbons (Fsp3) is 0.850. The summed E-state index contributed by atoms with van der Waals surface area (Å²) in [6, 6.07) is -0.603. The van der Waals surface area contributed by atoms with Crippen molar-refractivity contribution in [2.45, 2.75) is 71.9 Å².